The first kappa shape index (κ1) is 21.2. The number of quaternary nitrogens is 1. The van der Waals surface area contributed by atoms with Crippen molar-refractivity contribution in [3.05, 3.63) is 59.8 Å². The van der Waals surface area contributed by atoms with Crippen molar-refractivity contribution in [2.24, 2.45) is 0 Å². The molecule has 1 amide bonds. The molecule has 0 radical (unpaired) electrons. The molecule has 1 aliphatic rings. The number of imidazole rings is 1. The normalized spacial score (nSPS) is 17.0. The quantitative estimate of drug-likeness (QED) is 0.608. The van der Waals surface area contributed by atoms with E-state index in [0.29, 0.717) is 30.8 Å². The number of nitrogens with one attached hydrogen (secondary N) is 2. The van der Waals surface area contributed by atoms with Crippen molar-refractivity contribution >= 4 is 27.1 Å². The summed E-state index contributed by atoms with van der Waals surface area (Å²) >= 11 is 0. The summed E-state index contributed by atoms with van der Waals surface area (Å²) in [5, 5.41) is 2.37. The van der Waals surface area contributed by atoms with E-state index in [0.717, 1.165) is 17.0 Å². The number of hydrogen-bond acceptors (Lipinski definition) is 5. The van der Waals surface area contributed by atoms with E-state index in [9.17, 15) is 26.4 Å². The molecule has 0 bridgehead atoms. The molecule has 0 atom stereocenters. The molecule has 0 aliphatic carbocycles. The monoisotopic (exact) mass is 454 g/mol. The highest BCUT2D eigenvalue weighted by Crippen LogP contribution is 2.28. The van der Waals surface area contributed by atoms with Crippen LogP contribution in [0.3, 0.4) is 0 Å². The number of sulfone groups is 1. The van der Waals surface area contributed by atoms with Crippen LogP contribution in [-0.2, 0) is 22.6 Å². The van der Waals surface area contributed by atoms with Crippen molar-refractivity contribution in [3.63, 3.8) is 0 Å². The maximum Gasteiger partial charge on any atom is 0.433 e. The van der Waals surface area contributed by atoms with Crippen LogP contribution in [0, 0.1) is 0 Å². The van der Waals surface area contributed by atoms with Crippen molar-refractivity contribution in [1.82, 2.24) is 14.4 Å². The Morgan fingerprint density at radius 1 is 1.10 bits per heavy atom. The summed E-state index contributed by atoms with van der Waals surface area (Å²) in [6.07, 6.45) is -2.99. The van der Waals surface area contributed by atoms with E-state index < -0.39 is 27.6 Å². The predicted octanol–water partition coefficient (Wildman–Crippen LogP) is 0.814. The summed E-state index contributed by atoms with van der Waals surface area (Å²) in [6, 6.07) is 8.52. The van der Waals surface area contributed by atoms with Crippen LogP contribution in [0.2, 0.25) is 0 Å². The SMILES string of the molecule is O=C(Nc1cccc(C(F)(F)F)n1)c1nc(C[NH+]2CCS(=O)(=O)CC2)c2ccccn12. The molecule has 4 heterocycles. The summed E-state index contributed by atoms with van der Waals surface area (Å²) in [5.74, 6) is -0.726. The molecule has 1 fully saturated rings. The average Bonchev–Trinajstić information content (AvgIpc) is 3.08. The number of fused-ring (bicyclic) bond motifs is 1. The Morgan fingerprint density at radius 2 is 1.84 bits per heavy atom. The minimum absolute atomic E-state index is 0.00819. The molecule has 0 aromatic carbocycles. The van der Waals surface area contributed by atoms with Crippen LogP contribution < -0.4 is 10.2 Å². The molecule has 0 saturated carbocycles. The summed E-state index contributed by atoms with van der Waals surface area (Å²) in [5.41, 5.74) is 0.172. The first-order valence-corrected chi connectivity index (χ1v) is 11.3. The number of anilines is 1. The maximum atomic E-state index is 12.9. The first-order valence-electron chi connectivity index (χ1n) is 9.48. The number of carbonyl (C=O) groups is 1. The lowest BCUT2D eigenvalue weighted by molar-refractivity contribution is -0.910. The Hall–Kier alpha value is -2.99. The molecular weight excluding hydrogens is 435 g/mol. The zero-order valence-corrected chi connectivity index (χ0v) is 17.0. The smallest absolute Gasteiger partial charge is 0.328 e. The van der Waals surface area contributed by atoms with Gasteiger partial charge in [-0.2, -0.15) is 13.2 Å². The van der Waals surface area contributed by atoms with Crippen LogP contribution in [-0.4, -0.2) is 53.3 Å². The fourth-order valence-corrected chi connectivity index (χ4v) is 4.87. The zero-order valence-electron chi connectivity index (χ0n) is 16.2. The largest absolute Gasteiger partial charge is 0.433 e. The van der Waals surface area contributed by atoms with Gasteiger partial charge >= 0.3 is 6.18 Å². The highest BCUT2D eigenvalue weighted by atomic mass is 32.2. The number of aromatic nitrogens is 3. The minimum Gasteiger partial charge on any atom is -0.328 e. The lowest BCUT2D eigenvalue weighted by Crippen LogP contribution is -3.13. The van der Waals surface area contributed by atoms with Gasteiger partial charge in [0.25, 0.3) is 5.91 Å². The molecule has 3 aromatic rings. The van der Waals surface area contributed by atoms with E-state index in [4.69, 9.17) is 0 Å². The zero-order chi connectivity index (χ0) is 22.2. The van der Waals surface area contributed by atoms with Gasteiger partial charge in [0, 0.05) is 6.20 Å². The predicted molar refractivity (Wildman–Crippen MR) is 105 cm³/mol. The highest BCUT2D eigenvalue weighted by Gasteiger charge is 2.33. The standard InChI is InChI=1S/C19H18F3N5O3S/c20-19(21,22)15-5-3-6-16(24-15)25-18(28)17-23-13(14-4-1-2-7-27(14)17)12-26-8-10-31(29,30)11-9-26/h1-7H,8-12H2,(H,24,25,28)/p+1. The maximum absolute atomic E-state index is 12.9. The van der Waals surface area contributed by atoms with E-state index in [1.165, 1.54) is 6.07 Å². The van der Waals surface area contributed by atoms with Crippen molar-refractivity contribution < 1.29 is 31.3 Å². The molecule has 3 aromatic heterocycles. The van der Waals surface area contributed by atoms with E-state index in [-0.39, 0.29) is 23.1 Å². The van der Waals surface area contributed by atoms with Crippen LogP contribution in [0.4, 0.5) is 19.0 Å². The summed E-state index contributed by atoms with van der Waals surface area (Å²) in [4.78, 5) is 21.7. The number of carbonyl (C=O) groups excluding carboxylic acids is 1. The second kappa shape index (κ2) is 7.93. The summed E-state index contributed by atoms with van der Waals surface area (Å²) in [6.45, 7) is 1.33. The Balaban J connectivity index is 1.59. The molecule has 164 valence electrons. The average molecular weight is 454 g/mol. The lowest BCUT2D eigenvalue weighted by Gasteiger charge is -2.22. The van der Waals surface area contributed by atoms with E-state index in [1.807, 2.05) is 0 Å². The Bertz CT molecular complexity index is 1230. The molecule has 4 rings (SSSR count). The second-order valence-electron chi connectivity index (χ2n) is 7.28. The van der Waals surface area contributed by atoms with Gasteiger partial charge in [0.2, 0.25) is 5.82 Å². The molecule has 31 heavy (non-hydrogen) atoms. The van der Waals surface area contributed by atoms with E-state index in [2.05, 4.69) is 15.3 Å². The number of hydrogen-bond donors (Lipinski definition) is 2. The minimum atomic E-state index is -4.63. The van der Waals surface area contributed by atoms with Crippen LogP contribution in [0.1, 0.15) is 22.0 Å². The van der Waals surface area contributed by atoms with Gasteiger partial charge in [-0.25, -0.2) is 18.4 Å². The van der Waals surface area contributed by atoms with Gasteiger partial charge in [-0.15, -0.1) is 0 Å². The van der Waals surface area contributed by atoms with Gasteiger partial charge in [0.15, 0.2) is 9.84 Å². The number of amides is 1. The molecule has 12 heteroatoms. The number of halogens is 3. The lowest BCUT2D eigenvalue weighted by atomic mass is 10.3. The third-order valence-electron chi connectivity index (χ3n) is 5.06. The summed E-state index contributed by atoms with van der Waals surface area (Å²) in [7, 11) is -3.00. The van der Waals surface area contributed by atoms with Crippen molar-refractivity contribution in [3.8, 4) is 0 Å². The number of nitrogens with zero attached hydrogens (tertiary/aromatic N) is 3. The van der Waals surface area contributed by atoms with Crippen LogP contribution in [0.5, 0.6) is 0 Å². The van der Waals surface area contributed by atoms with Gasteiger partial charge in [0.1, 0.15) is 23.8 Å². The van der Waals surface area contributed by atoms with Crippen LogP contribution >= 0.6 is 0 Å². The molecule has 2 N–H and O–H groups in total. The van der Waals surface area contributed by atoms with Gasteiger partial charge in [-0.3, -0.25) is 9.20 Å². The summed E-state index contributed by atoms with van der Waals surface area (Å²) < 4.78 is 63.5. The molecule has 8 nitrogen and oxygen atoms in total. The topological polar surface area (TPSA) is 97.9 Å². The van der Waals surface area contributed by atoms with Gasteiger partial charge in [0.05, 0.1) is 30.1 Å². The Morgan fingerprint density at radius 3 is 2.55 bits per heavy atom. The third kappa shape index (κ3) is 4.69. The van der Waals surface area contributed by atoms with Crippen LogP contribution in [0.25, 0.3) is 5.52 Å². The fourth-order valence-electron chi connectivity index (χ4n) is 3.47. The van der Waals surface area contributed by atoms with Gasteiger partial charge in [-0.05, 0) is 24.3 Å². The fraction of sp³-hybridized carbons (Fsp3) is 0.316. The molecular formula is C19H19F3N5O3S+. The Kier molecular flexibility index (Phi) is 5.43. The number of rotatable bonds is 4. The highest BCUT2D eigenvalue weighted by molar-refractivity contribution is 7.91. The molecule has 0 unspecified atom stereocenters. The number of alkyl halides is 3. The molecule has 0 spiro atoms. The van der Waals surface area contributed by atoms with E-state index in [1.54, 1.807) is 28.8 Å². The third-order valence-corrected chi connectivity index (χ3v) is 6.71. The van der Waals surface area contributed by atoms with Crippen molar-refractivity contribution in [2.45, 2.75) is 12.7 Å². The molecule has 1 aliphatic heterocycles. The van der Waals surface area contributed by atoms with Gasteiger partial charge in [-0.1, -0.05) is 12.1 Å². The van der Waals surface area contributed by atoms with Crippen molar-refractivity contribution in [2.75, 3.05) is 29.9 Å². The number of pyridine rings is 2. The van der Waals surface area contributed by atoms with E-state index >= 15 is 0 Å². The Labute approximate surface area is 175 Å². The van der Waals surface area contributed by atoms with Gasteiger partial charge < -0.3 is 10.2 Å². The molecule has 1 saturated heterocycles. The second-order valence-corrected chi connectivity index (χ2v) is 9.58. The first-order chi connectivity index (χ1) is 14.6. The van der Waals surface area contributed by atoms with Crippen LogP contribution in [0.15, 0.2) is 42.6 Å². The van der Waals surface area contributed by atoms with Crippen molar-refractivity contribution in [1.29, 1.82) is 0 Å².